The molecule has 3 aromatic rings. The van der Waals surface area contributed by atoms with E-state index in [2.05, 4.69) is 15.0 Å². The van der Waals surface area contributed by atoms with E-state index in [9.17, 15) is 0 Å². The first-order valence-corrected chi connectivity index (χ1v) is 10.7. The second-order valence-corrected chi connectivity index (χ2v) is 8.11. The number of rotatable bonds is 7. The van der Waals surface area contributed by atoms with E-state index in [-0.39, 0.29) is 6.10 Å². The lowest BCUT2D eigenvalue weighted by Crippen LogP contribution is -2.20. The molecule has 0 atom stereocenters. The first kappa shape index (κ1) is 19.7. The molecule has 0 aromatic carbocycles. The normalized spacial score (nSPS) is 14.7. The van der Waals surface area contributed by atoms with Gasteiger partial charge in [0.2, 0.25) is 0 Å². The van der Waals surface area contributed by atoms with Crippen LogP contribution in [-0.2, 0) is 4.74 Å². The molecule has 0 saturated heterocycles. The van der Waals surface area contributed by atoms with Crippen molar-refractivity contribution in [2.24, 2.45) is 0 Å². The van der Waals surface area contributed by atoms with Crippen molar-refractivity contribution in [3.63, 3.8) is 0 Å². The average Bonchev–Trinajstić information content (AvgIpc) is 3.24. The summed E-state index contributed by atoms with van der Waals surface area (Å²) in [5.41, 5.74) is 1.85. The quantitative estimate of drug-likeness (QED) is 0.519. The first-order chi connectivity index (χ1) is 14.2. The van der Waals surface area contributed by atoms with Crippen molar-refractivity contribution >= 4 is 22.3 Å². The molecule has 3 heterocycles. The topological polar surface area (TPSA) is 73.3 Å². The average molecular weight is 412 g/mol. The van der Waals surface area contributed by atoms with Gasteiger partial charge < -0.3 is 9.47 Å². The highest BCUT2D eigenvalue weighted by Crippen LogP contribution is 2.35. The summed E-state index contributed by atoms with van der Waals surface area (Å²) < 4.78 is 11.4. The van der Waals surface area contributed by atoms with Crippen LogP contribution in [0.3, 0.4) is 0 Å². The number of nitrogens with zero attached hydrogens (tertiary/aromatic N) is 5. The minimum atomic E-state index is 0.220. The predicted molar refractivity (Wildman–Crippen MR) is 114 cm³/mol. The Bertz CT molecular complexity index is 928. The number of methoxy groups -OCH3 is 1. The fourth-order valence-electron chi connectivity index (χ4n) is 3.43. The van der Waals surface area contributed by atoms with Crippen molar-refractivity contribution in [3.8, 4) is 16.6 Å². The zero-order valence-electron chi connectivity index (χ0n) is 16.7. The number of aryl methyl sites for hydroxylation is 1. The van der Waals surface area contributed by atoms with Gasteiger partial charge in [-0.2, -0.15) is 4.98 Å². The van der Waals surface area contributed by atoms with Gasteiger partial charge in [0.05, 0.1) is 10.6 Å². The molecule has 8 heteroatoms. The number of ether oxygens (including phenoxy) is 2. The van der Waals surface area contributed by atoms with Gasteiger partial charge in [-0.3, -0.25) is 4.90 Å². The van der Waals surface area contributed by atoms with E-state index in [1.807, 2.05) is 42.4 Å². The van der Waals surface area contributed by atoms with E-state index in [0.717, 1.165) is 39.9 Å². The van der Waals surface area contributed by atoms with Crippen LogP contribution >= 0.6 is 11.3 Å². The molecule has 0 radical (unpaired) electrons. The molecule has 4 rings (SSSR count). The molecule has 152 valence electrons. The standard InChI is InChI=1S/C21H25N5O2S/c1-15-12-23-20(28-16-8-4-3-5-9-16)25-19(15)17-13-24-21(29-17)26(14-27-2)18-10-6-7-11-22-18/h6-7,10-13,16H,3-5,8-9,14H2,1-2H3. The lowest BCUT2D eigenvalue weighted by molar-refractivity contribution is 0.142. The Morgan fingerprint density at radius 1 is 1.10 bits per heavy atom. The van der Waals surface area contributed by atoms with Crippen molar-refractivity contribution in [2.75, 3.05) is 18.7 Å². The molecule has 1 fully saturated rings. The maximum atomic E-state index is 6.06. The Morgan fingerprint density at radius 2 is 1.97 bits per heavy atom. The van der Waals surface area contributed by atoms with Crippen molar-refractivity contribution in [3.05, 3.63) is 42.4 Å². The third-order valence-electron chi connectivity index (χ3n) is 4.92. The lowest BCUT2D eigenvalue weighted by atomic mass is 9.98. The number of aromatic nitrogens is 4. The van der Waals surface area contributed by atoms with E-state index >= 15 is 0 Å². The first-order valence-electron chi connectivity index (χ1n) is 9.88. The number of anilines is 2. The summed E-state index contributed by atoms with van der Waals surface area (Å²) in [5.74, 6) is 0.788. The highest BCUT2D eigenvalue weighted by Gasteiger charge is 2.19. The molecule has 3 aromatic heterocycles. The summed E-state index contributed by atoms with van der Waals surface area (Å²) in [6.45, 7) is 2.37. The van der Waals surface area contributed by atoms with Crippen LogP contribution in [0.5, 0.6) is 6.01 Å². The number of thiazole rings is 1. The summed E-state index contributed by atoms with van der Waals surface area (Å²) in [6.07, 6.45) is 11.5. The molecular formula is C21H25N5O2S. The fourth-order valence-corrected chi connectivity index (χ4v) is 4.39. The Morgan fingerprint density at radius 3 is 2.72 bits per heavy atom. The van der Waals surface area contributed by atoms with Crippen LogP contribution in [0.25, 0.3) is 10.6 Å². The summed E-state index contributed by atoms with van der Waals surface area (Å²) in [5, 5.41) is 0.799. The maximum absolute atomic E-state index is 6.06. The molecule has 0 amide bonds. The fraction of sp³-hybridized carbons (Fsp3) is 0.429. The molecule has 0 bridgehead atoms. The molecular weight excluding hydrogens is 386 g/mol. The zero-order chi connectivity index (χ0) is 20.1. The Hall–Kier alpha value is -2.58. The van der Waals surface area contributed by atoms with Crippen LogP contribution in [0.1, 0.15) is 37.7 Å². The minimum absolute atomic E-state index is 0.220. The van der Waals surface area contributed by atoms with Gasteiger partial charge in [0.25, 0.3) is 0 Å². The van der Waals surface area contributed by atoms with Gasteiger partial charge in [-0.1, -0.05) is 23.8 Å². The van der Waals surface area contributed by atoms with Crippen molar-refractivity contribution in [1.82, 2.24) is 19.9 Å². The second kappa shape index (κ2) is 9.28. The van der Waals surface area contributed by atoms with Crippen LogP contribution in [-0.4, -0.2) is 39.9 Å². The Kier molecular flexibility index (Phi) is 6.31. The minimum Gasteiger partial charge on any atom is -0.460 e. The largest absolute Gasteiger partial charge is 0.460 e. The molecule has 1 saturated carbocycles. The molecule has 7 nitrogen and oxygen atoms in total. The van der Waals surface area contributed by atoms with Gasteiger partial charge in [0.15, 0.2) is 5.13 Å². The summed E-state index contributed by atoms with van der Waals surface area (Å²) in [4.78, 5) is 21.0. The van der Waals surface area contributed by atoms with Gasteiger partial charge in [-0.15, -0.1) is 0 Å². The summed E-state index contributed by atoms with van der Waals surface area (Å²) in [6, 6.07) is 6.22. The van der Waals surface area contributed by atoms with E-state index in [4.69, 9.17) is 14.5 Å². The number of pyridine rings is 1. The van der Waals surface area contributed by atoms with E-state index in [1.54, 1.807) is 24.6 Å². The second-order valence-electron chi connectivity index (χ2n) is 7.10. The molecule has 0 aliphatic heterocycles. The van der Waals surface area contributed by atoms with E-state index < -0.39 is 0 Å². The lowest BCUT2D eigenvalue weighted by Gasteiger charge is -2.21. The van der Waals surface area contributed by atoms with Gasteiger partial charge in [0.1, 0.15) is 18.7 Å². The van der Waals surface area contributed by atoms with Gasteiger partial charge in [-0.05, 0) is 50.3 Å². The monoisotopic (exact) mass is 411 g/mol. The van der Waals surface area contributed by atoms with Gasteiger partial charge >= 0.3 is 6.01 Å². The highest BCUT2D eigenvalue weighted by atomic mass is 32.1. The summed E-state index contributed by atoms with van der Waals surface area (Å²) in [7, 11) is 1.66. The summed E-state index contributed by atoms with van der Waals surface area (Å²) >= 11 is 1.55. The number of hydrogen-bond acceptors (Lipinski definition) is 8. The van der Waals surface area contributed by atoms with Crippen LogP contribution in [0.4, 0.5) is 10.9 Å². The third kappa shape index (κ3) is 4.71. The van der Waals surface area contributed by atoms with Crippen LogP contribution in [0, 0.1) is 6.92 Å². The highest BCUT2D eigenvalue weighted by molar-refractivity contribution is 7.19. The molecule has 29 heavy (non-hydrogen) atoms. The van der Waals surface area contributed by atoms with Crippen LogP contribution in [0.2, 0.25) is 0 Å². The molecule has 1 aliphatic carbocycles. The SMILES string of the molecule is COCN(c1ccccn1)c1ncc(-c2nc(OC3CCCCC3)ncc2C)s1. The molecule has 0 unspecified atom stereocenters. The Labute approximate surface area is 174 Å². The number of hydrogen-bond donors (Lipinski definition) is 0. The van der Waals surface area contributed by atoms with E-state index in [0.29, 0.717) is 12.7 Å². The van der Waals surface area contributed by atoms with Crippen LogP contribution in [0.15, 0.2) is 36.8 Å². The molecule has 0 N–H and O–H groups in total. The third-order valence-corrected chi connectivity index (χ3v) is 5.94. The van der Waals surface area contributed by atoms with Gasteiger partial charge in [-0.25, -0.2) is 15.0 Å². The Balaban J connectivity index is 1.58. The maximum Gasteiger partial charge on any atom is 0.317 e. The predicted octanol–water partition coefficient (Wildman–Crippen LogP) is 4.76. The van der Waals surface area contributed by atoms with Crippen molar-refractivity contribution in [2.45, 2.75) is 45.1 Å². The van der Waals surface area contributed by atoms with Crippen molar-refractivity contribution in [1.29, 1.82) is 0 Å². The van der Waals surface area contributed by atoms with Crippen molar-refractivity contribution < 1.29 is 9.47 Å². The van der Waals surface area contributed by atoms with Crippen LogP contribution < -0.4 is 9.64 Å². The molecule has 1 aliphatic rings. The molecule has 0 spiro atoms. The zero-order valence-corrected chi connectivity index (χ0v) is 17.6. The van der Waals surface area contributed by atoms with Gasteiger partial charge in [0, 0.05) is 25.7 Å². The van der Waals surface area contributed by atoms with E-state index in [1.165, 1.54) is 19.3 Å². The smallest absolute Gasteiger partial charge is 0.317 e.